The molecule has 4 aromatic carbocycles. The molecule has 0 N–H and O–H groups in total. The summed E-state index contributed by atoms with van der Waals surface area (Å²) in [5, 5.41) is 0. The van der Waals surface area contributed by atoms with E-state index in [1.807, 2.05) is 49.4 Å². The predicted molar refractivity (Wildman–Crippen MR) is 147 cm³/mol. The number of rotatable bonds is 10. The monoisotopic (exact) mass is 480 g/mol. The summed E-state index contributed by atoms with van der Waals surface area (Å²) in [6.45, 7) is 4.05. The summed E-state index contributed by atoms with van der Waals surface area (Å²) in [6.07, 6.45) is 8.66. The lowest BCUT2D eigenvalue weighted by Gasteiger charge is -2.14. The zero-order valence-corrected chi connectivity index (χ0v) is 21.2. The fraction of sp³-hybridized carbons (Fsp3) is 0.235. The van der Waals surface area contributed by atoms with Gasteiger partial charge < -0.3 is 0 Å². The van der Waals surface area contributed by atoms with Gasteiger partial charge in [0.15, 0.2) is 0 Å². The lowest BCUT2D eigenvalue weighted by molar-refractivity contribution is 0.544. The third kappa shape index (κ3) is 6.79. The molecule has 4 aromatic rings. The van der Waals surface area contributed by atoms with Crippen molar-refractivity contribution in [2.45, 2.75) is 51.9 Å². The molecule has 0 radical (unpaired) electrons. The van der Waals surface area contributed by atoms with E-state index in [1.54, 1.807) is 0 Å². The predicted octanol–water partition coefficient (Wildman–Crippen LogP) is 9.27. The molecule has 0 amide bonds. The molecular weight excluding hydrogens is 446 g/mol. The number of aryl methyl sites for hydroxylation is 3. The Balaban J connectivity index is 1.38. The number of benzene rings is 4. The van der Waals surface area contributed by atoms with Crippen LogP contribution in [0.3, 0.4) is 0 Å². The summed E-state index contributed by atoms with van der Waals surface area (Å²) in [7, 11) is 0. The number of allylic oxidation sites excluding steroid dienone is 2. The first-order valence-corrected chi connectivity index (χ1v) is 12.8. The Morgan fingerprint density at radius 3 is 1.75 bits per heavy atom. The van der Waals surface area contributed by atoms with E-state index < -0.39 is 11.6 Å². The lowest BCUT2D eigenvalue weighted by atomic mass is 9.92. The van der Waals surface area contributed by atoms with E-state index in [9.17, 15) is 8.78 Å². The van der Waals surface area contributed by atoms with E-state index in [-0.39, 0.29) is 11.5 Å². The van der Waals surface area contributed by atoms with Crippen LogP contribution in [0.5, 0.6) is 0 Å². The molecule has 0 aliphatic carbocycles. The van der Waals surface area contributed by atoms with Crippen LogP contribution < -0.4 is 0 Å². The number of halogens is 2. The zero-order chi connectivity index (χ0) is 25.3. The first-order valence-electron chi connectivity index (χ1n) is 12.8. The maximum Gasteiger partial charge on any atom is 0.129 e. The Morgan fingerprint density at radius 2 is 1.19 bits per heavy atom. The van der Waals surface area contributed by atoms with Gasteiger partial charge in [0.2, 0.25) is 0 Å². The average molecular weight is 481 g/mol. The summed E-state index contributed by atoms with van der Waals surface area (Å²) in [4.78, 5) is 0. The van der Waals surface area contributed by atoms with Crippen molar-refractivity contribution in [3.05, 3.63) is 143 Å². The van der Waals surface area contributed by atoms with Crippen LogP contribution in [-0.4, -0.2) is 0 Å². The number of hydrogen-bond donors (Lipinski definition) is 0. The maximum atomic E-state index is 14.9. The molecule has 0 aliphatic rings. The van der Waals surface area contributed by atoms with Crippen LogP contribution >= 0.6 is 0 Å². The van der Waals surface area contributed by atoms with Gasteiger partial charge in [-0.05, 0) is 90.5 Å². The Morgan fingerprint density at radius 1 is 0.667 bits per heavy atom. The molecule has 0 aliphatic heterocycles. The lowest BCUT2D eigenvalue weighted by Crippen LogP contribution is -2.04. The van der Waals surface area contributed by atoms with Crippen LogP contribution in [0.2, 0.25) is 0 Å². The van der Waals surface area contributed by atoms with E-state index in [0.717, 1.165) is 36.8 Å². The van der Waals surface area contributed by atoms with Crippen molar-refractivity contribution in [1.29, 1.82) is 0 Å². The van der Waals surface area contributed by atoms with Crippen LogP contribution in [-0.2, 0) is 25.7 Å². The quantitative estimate of drug-likeness (QED) is 0.198. The summed E-state index contributed by atoms with van der Waals surface area (Å²) < 4.78 is 29.9. The molecule has 36 heavy (non-hydrogen) atoms. The van der Waals surface area contributed by atoms with Crippen LogP contribution in [0, 0.1) is 11.6 Å². The Hall–Kier alpha value is -3.52. The molecule has 0 saturated heterocycles. The minimum absolute atomic E-state index is 0.0368. The van der Waals surface area contributed by atoms with Crippen molar-refractivity contribution < 1.29 is 8.78 Å². The van der Waals surface area contributed by atoms with E-state index in [1.165, 1.54) is 28.8 Å². The molecular formula is C34H34F2. The van der Waals surface area contributed by atoms with Gasteiger partial charge in [0.1, 0.15) is 11.6 Å². The van der Waals surface area contributed by atoms with Crippen molar-refractivity contribution in [2.75, 3.05) is 0 Å². The topological polar surface area (TPSA) is 0 Å². The van der Waals surface area contributed by atoms with Gasteiger partial charge in [-0.25, -0.2) is 8.78 Å². The van der Waals surface area contributed by atoms with Crippen LogP contribution in [0.25, 0.3) is 11.1 Å². The van der Waals surface area contributed by atoms with E-state index in [4.69, 9.17) is 0 Å². The molecule has 0 heterocycles. The Kier molecular flexibility index (Phi) is 8.84. The summed E-state index contributed by atoms with van der Waals surface area (Å²) >= 11 is 0. The van der Waals surface area contributed by atoms with Gasteiger partial charge in [0, 0.05) is 5.56 Å². The highest BCUT2D eigenvalue weighted by Crippen LogP contribution is 2.29. The molecule has 0 fully saturated rings. The number of hydrogen-bond acceptors (Lipinski definition) is 0. The van der Waals surface area contributed by atoms with Gasteiger partial charge in [0.05, 0.1) is 0 Å². The minimum atomic E-state index is -0.481. The van der Waals surface area contributed by atoms with Gasteiger partial charge in [-0.15, -0.1) is 0 Å². The highest BCUT2D eigenvalue weighted by Gasteiger charge is 2.16. The second kappa shape index (κ2) is 12.4. The van der Waals surface area contributed by atoms with E-state index >= 15 is 0 Å². The van der Waals surface area contributed by atoms with Crippen molar-refractivity contribution in [1.82, 2.24) is 0 Å². The van der Waals surface area contributed by atoms with E-state index in [0.29, 0.717) is 12.0 Å². The zero-order valence-electron chi connectivity index (χ0n) is 21.2. The smallest absolute Gasteiger partial charge is 0.129 e. The summed E-state index contributed by atoms with van der Waals surface area (Å²) in [5.74, 6) is -0.924. The SMILES string of the molecule is CC=CCCc1ccc(CCc2ccc(-c3cc(F)c(C[C@H](C)c4ccccc4)c(F)c3)cc2)cc1. The Bertz CT molecular complexity index is 1250. The molecule has 184 valence electrons. The van der Waals surface area contributed by atoms with Gasteiger partial charge >= 0.3 is 0 Å². The second-order valence-electron chi connectivity index (χ2n) is 9.56. The molecule has 0 nitrogen and oxygen atoms in total. The van der Waals surface area contributed by atoms with Gasteiger partial charge in [0.25, 0.3) is 0 Å². The molecule has 2 heteroatoms. The molecule has 0 spiro atoms. The third-order valence-electron chi connectivity index (χ3n) is 6.87. The first kappa shape index (κ1) is 25.6. The second-order valence-corrected chi connectivity index (χ2v) is 9.56. The fourth-order valence-electron chi connectivity index (χ4n) is 4.61. The first-order chi connectivity index (χ1) is 17.5. The van der Waals surface area contributed by atoms with Crippen LogP contribution in [0.15, 0.2) is 103 Å². The highest BCUT2D eigenvalue weighted by atomic mass is 19.1. The summed E-state index contributed by atoms with van der Waals surface area (Å²) in [5.41, 5.74) is 6.52. The van der Waals surface area contributed by atoms with E-state index in [2.05, 4.69) is 55.5 Å². The van der Waals surface area contributed by atoms with Crippen molar-refractivity contribution in [3.63, 3.8) is 0 Å². The molecule has 1 atom stereocenters. The molecule has 0 bridgehead atoms. The molecule has 0 unspecified atom stereocenters. The standard InChI is InChI=1S/C34H34F2/c1-3-4-6-9-26-12-14-27(15-13-26)16-17-28-18-20-30(21-19-28)31-23-33(35)32(34(36)24-31)22-25(2)29-10-7-5-8-11-29/h3-5,7-8,10-15,18-21,23-25H,6,9,16-17,22H2,1-2H3/t25-/m0/s1. The van der Waals surface area contributed by atoms with Crippen LogP contribution in [0.4, 0.5) is 8.78 Å². The van der Waals surface area contributed by atoms with Crippen molar-refractivity contribution in [3.8, 4) is 11.1 Å². The van der Waals surface area contributed by atoms with Crippen molar-refractivity contribution in [2.24, 2.45) is 0 Å². The molecule has 0 aromatic heterocycles. The molecule has 4 rings (SSSR count). The fourth-order valence-corrected chi connectivity index (χ4v) is 4.61. The normalized spacial score (nSPS) is 12.2. The van der Waals surface area contributed by atoms with Gasteiger partial charge in [-0.2, -0.15) is 0 Å². The molecule has 0 saturated carbocycles. The van der Waals surface area contributed by atoms with Gasteiger partial charge in [-0.1, -0.05) is 97.9 Å². The van der Waals surface area contributed by atoms with Crippen LogP contribution in [0.1, 0.15) is 54.0 Å². The average Bonchev–Trinajstić information content (AvgIpc) is 2.91. The van der Waals surface area contributed by atoms with Gasteiger partial charge in [-0.3, -0.25) is 0 Å². The Labute approximate surface area is 214 Å². The minimum Gasteiger partial charge on any atom is -0.207 e. The van der Waals surface area contributed by atoms with Crippen molar-refractivity contribution >= 4 is 0 Å². The third-order valence-corrected chi connectivity index (χ3v) is 6.87. The highest BCUT2D eigenvalue weighted by molar-refractivity contribution is 5.64. The summed E-state index contributed by atoms with van der Waals surface area (Å²) in [6, 6.07) is 29.7. The largest absolute Gasteiger partial charge is 0.207 e. The maximum absolute atomic E-state index is 14.9.